The third-order valence-corrected chi connectivity index (χ3v) is 10.3. The van der Waals surface area contributed by atoms with Crippen LogP contribution in [0.4, 0.5) is 18.9 Å². The van der Waals surface area contributed by atoms with Crippen LogP contribution in [0.5, 0.6) is 0 Å². The van der Waals surface area contributed by atoms with Gasteiger partial charge in [0.1, 0.15) is 5.82 Å². The quantitative estimate of drug-likeness (QED) is 0.100. The van der Waals surface area contributed by atoms with E-state index in [9.17, 15) is 31.2 Å². The van der Waals surface area contributed by atoms with Gasteiger partial charge in [0.2, 0.25) is 5.91 Å². The van der Waals surface area contributed by atoms with Crippen LogP contribution in [-0.2, 0) is 27.8 Å². The van der Waals surface area contributed by atoms with Crippen LogP contribution in [0.1, 0.15) is 99.3 Å². The number of unbranched alkanes of at least 4 members (excludes halogenated alkanes) is 3. The van der Waals surface area contributed by atoms with Crippen molar-refractivity contribution in [1.29, 1.82) is 0 Å². The lowest BCUT2D eigenvalue weighted by Gasteiger charge is -2.22. The van der Waals surface area contributed by atoms with Crippen molar-refractivity contribution in [3.63, 3.8) is 0 Å². The van der Waals surface area contributed by atoms with Crippen molar-refractivity contribution >= 4 is 38.6 Å². The summed E-state index contributed by atoms with van der Waals surface area (Å²) in [4.78, 5) is 29.9. The van der Waals surface area contributed by atoms with Crippen molar-refractivity contribution in [2.75, 3.05) is 11.9 Å². The predicted molar refractivity (Wildman–Crippen MR) is 194 cm³/mol. The number of carbonyl (C=O) groups excluding carboxylic acids is 2. The third-order valence-electron chi connectivity index (χ3n) is 9.27. The Morgan fingerprint density at radius 2 is 1.67 bits per heavy atom. The fourth-order valence-electron chi connectivity index (χ4n) is 6.49. The number of aryl methyl sites for hydroxylation is 1. The van der Waals surface area contributed by atoms with E-state index in [2.05, 4.69) is 28.2 Å². The van der Waals surface area contributed by atoms with E-state index >= 15 is 0 Å². The molecule has 5 rings (SSSR count). The number of anilines is 1. The molecule has 0 saturated heterocycles. The molecule has 274 valence electrons. The molecule has 4 aromatic rings. The van der Waals surface area contributed by atoms with E-state index in [0.29, 0.717) is 30.1 Å². The summed E-state index contributed by atoms with van der Waals surface area (Å²) in [5.41, 5.74) is -1.15. The lowest BCUT2D eigenvalue weighted by atomic mass is 9.95. The zero-order valence-corrected chi connectivity index (χ0v) is 29.7. The van der Waals surface area contributed by atoms with Gasteiger partial charge in [-0.15, -0.1) is 0 Å². The molecule has 51 heavy (non-hydrogen) atoms. The number of nitrogens with zero attached hydrogens (tertiary/aromatic N) is 2. The van der Waals surface area contributed by atoms with Crippen LogP contribution < -0.4 is 15.4 Å². The summed E-state index contributed by atoms with van der Waals surface area (Å²) in [6.07, 6.45) is 12.0. The van der Waals surface area contributed by atoms with E-state index < -0.39 is 21.4 Å². The molecule has 13 heteroatoms. The van der Waals surface area contributed by atoms with Crippen LogP contribution in [-0.4, -0.2) is 47.9 Å². The highest BCUT2D eigenvalue weighted by Crippen LogP contribution is 2.28. The molecule has 0 spiro atoms. The number of amides is 2. The molecule has 1 heterocycles. The van der Waals surface area contributed by atoms with Crippen LogP contribution in [0.15, 0.2) is 66.7 Å². The summed E-state index contributed by atoms with van der Waals surface area (Å²) in [5, 5.41) is 6.71. The summed E-state index contributed by atoms with van der Waals surface area (Å²) in [7, 11) is -5.85. The zero-order valence-electron chi connectivity index (χ0n) is 28.9. The average molecular weight is 726 g/mol. The minimum atomic E-state index is -5.85. The Balaban J connectivity index is 1.23. The highest BCUT2D eigenvalue weighted by molar-refractivity contribution is 7.90. The summed E-state index contributed by atoms with van der Waals surface area (Å²) >= 11 is 0. The van der Waals surface area contributed by atoms with Gasteiger partial charge in [-0.1, -0.05) is 81.5 Å². The predicted octanol–water partition coefficient (Wildman–Crippen LogP) is 8.09. The van der Waals surface area contributed by atoms with E-state index in [-0.39, 0.29) is 11.5 Å². The first-order chi connectivity index (χ1) is 24.4. The lowest BCUT2D eigenvalue weighted by Crippen LogP contribution is -2.40. The Kier molecular flexibility index (Phi) is 12.8. The number of sulfonamides is 1. The summed E-state index contributed by atoms with van der Waals surface area (Å²) in [6, 6.07) is 19.7. The molecule has 0 unspecified atom stereocenters. The van der Waals surface area contributed by atoms with Gasteiger partial charge in [-0.2, -0.15) is 21.6 Å². The Hall–Kier alpha value is -4.39. The molecule has 0 aliphatic heterocycles. The molecule has 1 fully saturated rings. The lowest BCUT2D eigenvalue weighted by molar-refractivity contribution is -0.122. The Morgan fingerprint density at radius 3 is 2.39 bits per heavy atom. The highest BCUT2D eigenvalue weighted by Gasteiger charge is 2.47. The molecule has 0 radical (unpaired) electrons. The van der Waals surface area contributed by atoms with Crippen molar-refractivity contribution < 1.29 is 31.2 Å². The van der Waals surface area contributed by atoms with Gasteiger partial charge < -0.3 is 15.2 Å². The molecule has 3 N–H and O–H groups in total. The Bertz CT molecular complexity index is 1900. The normalized spacial score (nSPS) is 14.0. The number of hydrogen-bond acceptors (Lipinski definition) is 6. The SMILES string of the molecule is CCCCc1nc2ccc(NCCCCCC(=O)NC3CCCCC3)cc2n1Cc1ccc(-c2ccccc2C(=O)NS(=O)(=O)C(F)(F)F)cc1. The fraction of sp³-hybridized carbons (Fsp3) is 0.447. The molecular weight excluding hydrogens is 680 g/mol. The molecule has 0 atom stereocenters. The summed E-state index contributed by atoms with van der Waals surface area (Å²) in [6.45, 7) is 3.44. The molecule has 2 amide bonds. The number of hydrogen-bond donors (Lipinski definition) is 3. The largest absolute Gasteiger partial charge is 0.516 e. The molecule has 1 saturated carbocycles. The van der Waals surface area contributed by atoms with Crippen molar-refractivity contribution in [2.24, 2.45) is 0 Å². The van der Waals surface area contributed by atoms with Crippen LogP contribution in [0.2, 0.25) is 0 Å². The maximum absolute atomic E-state index is 12.9. The summed E-state index contributed by atoms with van der Waals surface area (Å²) in [5.74, 6) is -0.233. The van der Waals surface area contributed by atoms with Gasteiger partial charge in [-0.3, -0.25) is 9.59 Å². The van der Waals surface area contributed by atoms with Crippen molar-refractivity contribution in [1.82, 2.24) is 19.6 Å². The number of carbonyl (C=O) groups is 2. The second kappa shape index (κ2) is 17.2. The van der Waals surface area contributed by atoms with Gasteiger partial charge >= 0.3 is 15.5 Å². The second-order valence-corrected chi connectivity index (χ2v) is 14.9. The Morgan fingerprint density at radius 1 is 0.922 bits per heavy atom. The van der Waals surface area contributed by atoms with Gasteiger partial charge in [0.25, 0.3) is 5.91 Å². The van der Waals surface area contributed by atoms with Crippen LogP contribution in [0, 0.1) is 0 Å². The van der Waals surface area contributed by atoms with Gasteiger partial charge in [0.05, 0.1) is 11.0 Å². The molecule has 1 aliphatic carbocycles. The van der Waals surface area contributed by atoms with Crippen molar-refractivity contribution in [3.8, 4) is 11.1 Å². The Labute approximate surface area is 297 Å². The van der Waals surface area contributed by atoms with Gasteiger partial charge in [-0.25, -0.2) is 9.71 Å². The van der Waals surface area contributed by atoms with Crippen molar-refractivity contribution in [3.05, 3.63) is 83.7 Å². The first-order valence-electron chi connectivity index (χ1n) is 17.8. The zero-order chi connectivity index (χ0) is 36.4. The van der Waals surface area contributed by atoms with E-state index in [4.69, 9.17) is 4.98 Å². The molecule has 9 nitrogen and oxygen atoms in total. The number of halogens is 3. The van der Waals surface area contributed by atoms with Crippen LogP contribution in [0.25, 0.3) is 22.2 Å². The standard InChI is InChI=1S/C38H46F3N5O4S/c1-2-3-16-35-44-33-23-22-30(42-24-11-5-8-17-36(47)43-29-12-6-4-7-13-29)25-34(33)46(35)26-27-18-20-28(21-19-27)31-14-9-10-15-32(31)37(48)45-51(49,50)38(39,40)41/h9-10,14-15,18-23,25,29,42H,2-8,11-13,16-17,24,26H2,1H3,(H,43,47)(H,45,48). The minimum Gasteiger partial charge on any atom is -0.385 e. The van der Waals surface area contributed by atoms with E-state index in [0.717, 1.165) is 90.7 Å². The molecule has 1 aliphatic rings. The number of fused-ring (bicyclic) bond motifs is 1. The molecule has 0 bridgehead atoms. The minimum absolute atomic E-state index is 0.164. The molecular formula is C38H46F3N5O4S. The topological polar surface area (TPSA) is 122 Å². The maximum atomic E-state index is 12.9. The number of benzene rings is 3. The van der Waals surface area contributed by atoms with Gasteiger partial charge in [0, 0.05) is 43.2 Å². The first kappa shape index (κ1) is 37.9. The molecule has 3 aromatic carbocycles. The van der Waals surface area contributed by atoms with Crippen molar-refractivity contribution in [2.45, 2.75) is 102 Å². The maximum Gasteiger partial charge on any atom is 0.516 e. The highest BCUT2D eigenvalue weighted by atomic mass is 32.2. The van der Waals surface area contributed by atoms with Crippen LogP contribution >= 0.6 is 0 Å². The number of rotatable bonds is 16. The fourth-order valence-corrected chi connectivity index (χ4v) is 6.96. The third kappa shape index (κ3) is 10.1. The molecule has 1 aromatic heterocycles. The number of nitrogens with one attached hydrogen (secondary N) is 3. The van der Waals surface area contributed by atoms with Crippen LogP contribution in [0.3, 0.4) is 0 Å². The first-order valence-corrected chi connectivity index (χ1v) is 19.3. The van der Waals surface area contributed by atoms with E-state index in [1.165, 1.54) is 31.4 Å². The number of aromatic nitrogens is 2. The van der Waals surface area contributed by atoms with E-state index in [1.807, 2.05) is 24.3 Å². The second-order valence-electron chi connectivity index (χ2n) is 13.2. The average Bonchev–Trinajstić information content (AvgIpc) is 3.44. The van der Waals surface area contributed by atoms with Gasteiger partial charge in [0.15, 0.2) is 0 Å². The smallest absolute Gasteiger partial charge is 0.385 e. The monoisotopic (exact) mass is 725 g/mol. The van der Waals surface area contributed by atoms with E-state index in [1.54, 1.807) is 24.3 Å². The summed E-state index contributed by atoms with van der Waals surface area (Å²) < 4.78 is 65.2. The van der Waals surface area contributed by atoms with Gasteiger partial charge in [-0.05, 0) is 73.1 Å². The number of imidazole rings is 1. The number of alkyl halides is 3.